The van der Waals surface area contributed by atoms with E-state index < -0.39 is 24.0 Å². The lowest BCUT2D eigenvalue weighted by molar-refractivity contribution is -0.384. The van der Waals surface area contributed by atoms with Crippen LogP contribution >= 0.6 is 11.6 Å². The molecule has 0 heterocycles. The van der Waals surface area contributed by atoms with Crippen molar-refractivity contribution in [3.63, 3.8) is 0 Å². The molecule has 5 nitrogen and oxygen atoms in total. The van der Waals surface area contributed by atoms with Gasteiger partial charge in [0.1, 0.15) is 6.61 Å². The number of aliphatic hydroxyl groups is 1. The van der Waals surface area contributed by atoms with E-state index in [-0.39, 0.29) is 16.4 Å². The summed E-state index contributed by atoms with van der Waals surface area (Å²) in [7, 11) is 0. The van der Waals surface area contributed by atoms with Crippen molar-refractivity contribution >= 4 is 23.0 Å². The van der Waals surface area contributed by atoms with Crippen LogP contribution in [0.15, 0.2) is 18.2 Å². The average Bonchev–Trinajstić information content (AvgIpc) is 2.27. The zero-order chi connectivity index (χ0) is 13.1. The molecule has 0 saturated heterocycles. The Bertz CT molecular complexity index is 429. The number of halogens is 3. The number of nitro benzene ring substituents is 1. The molecule has 1 rings (SSSR count). The quantitative estimate of drug-likeness (QED) is 0.633. The van der Waals surface area contributed by atoms with E-state index in [9.17, 15) is 18.9 Å². The monoisotopic (exact) mass is 266 g/mol. The number of anilines is 1. The zero-order valence-electron chi connectivity index (χ0n) is 8.49. The SMILES string of the molecule is O=[N+]([O-])c1ccc(NCC(F)(F)CO)c(Cl)c1. The van der Waals surface area contributed by atoms with Crippen LogP contribution in [-0.4, -0.2) is 29.1 Å². The smallest absolute Gasteiger partial charge is 0.287 e. The van der Waals surface area contributed by atoms with Crippen LogP contribution in [0.25, 0.3) is 0 Å². The highest BCUT2D eigenvalue weighted by Gasteiger charge is 2.27. The van der Waals surface area contributed by atoms with E-state index in [0.717, 1.165) is 12.1 Å². The molecular formula is C9H9ClF2N2O3. The molecule has 94 valence electrons. The molecule has 0 unspecified atom stereocenters. The normalized spacial score (nSPS) is 11.3. The summed E-state index contributed by atoms with van der Waals surface area (Å²) >= 11 is 5.67. The second-order valence-corrected chi connectivity index (χ2v) is 3.70. The number of hydrogen-bond donors (Lipinski definition) is 2. The van der Waals surface area contributed by atoms with E-state index in [0.29, 0.717) is 0 Å². The Morgan fingerprint density at radius 1 is 1.53 bits per heavy atom. The molecule has 0 aromatic heterocycles. The number of aliphatic hydroxyl groups excluding tert-OH is 1. The fourth-order valence-corrected chi connectivity index (χ4v) is 1.28. The fourth-order valence-electron chi connectivity index (χ4n) is 1.04. The number of rotatable bonds is 5. The van der Waals surface area contributed by atoms with Crippen LogP contribution < -0.4 is 5.32 Å². The fraction of sp³-hybridized carbons (Fsp3) is 0.333. The van der Waals surface area contributed by atoms with Gasteiger partial charge in [0.05, 0.1) is 22.2 Å². The lowest BCUT2D eigenvalue weighted by Crippen LogP contribution is -2.31. The summed E-state index contributed by atoms with van der Waals surface area (Å²) in [4.78, 5) is 9.76. The highest BCUT2D eigenvalue weighted by Crippen LogP contribution is 2.27. The average molecular weight is 267 g/mol. The lowest BCUT2D eigenvalue weighted by Gasteiger charge is -2.15. The van der Waals surface area contributed by atoms with Gasteiger partial charge in [0.25, 0.3) is 11.6 Å². The summed E-state index contributed by atoms with van der Waals surface area (Å²) in [5, 5.41) is 21.0. The number of nitro groups is 1. The summed E-state index contributed by atoms with van der Waals surface area (Å²) in [5.41, 5.74) is -0.0835. The largest absolute Gasteiger partial charge is 0.390 e. The van der Waals surface area contributed by atoms with Crippen molar-refractivity contribution in [1.29, 1.82) is 0 Å². The molecule has 0 saturated carbocycles. The van der Waals surface area contributed by atoms with Gasteiger partial charge in [0.2, 0.25) is 0 Å². The molecule has 8 heteroatoms. The number of benzene rings is 1. The summed E-state index contributed by atoms with van der Waals surface area (Å²) in [5.74, 6) is -3.27. The van der Waals surface area contributed by atoms with Crippen molar-refractivity contribution in [3.05, 3.63) is 33.3 Å². The third kappa shape index (κ3) is 3.79. The first-order valence-electron chi connectivity index (χ1n) is 4.52. The maximum Gasteiger partial charge on any atom is 0.287 e. The van der Waals surface area contributed by atoms with Crippen molar-refractivity contribution in [2.45, 2.75) is 5.92 Å². The van der Waals surface area contributed by atoms with Crippen molar-refractivity contribution in [3.8, 4) is 0 Å². The van der Waals surface area contributed by atoms with E-state index in [2.05, 4.69) is 5.32 Å². The van der Waals surface area contributed by atoms with E-state index in [1.165, 1.54) is 6.07 Å². The summed E-state index contributed by atoms with van der Waals surface area (Å²) < 4.78 is 25.4. The van der Waals surface area contributed by atoms with Gasteiger partial charge in [-0.2, -0.15) is 0 Å². The molecule has 0 amide bonds. The van der Waals surface area contributed by atoms with Crippen molar-refractivity contribution in [2.75, 3.05) is 18.5 Å². The first kappa shape index (κ1) is 13.6. The van der Waals surface area contributed by atoms with Crippen LogP contribution in [0.5, 0.6) is 0 Å². The van der Waals surface area contributed by atoms with Gasteiger partial charge in [-0.1, -0.05) is 11.6 Å². The van der Waals surface area contributed by atoms with Crippen LogP contribution in [0.3, 0.4) is 0 Å². The lowest BCUT2D eigenvalue weighted by atomic mass is 10.2. The summed E-state index contributed by atoms with van der Waals surface area (Å²) in [6, 6.07) is 3.43. The Labute approximate surface area is 100 Å². The van der Waals surface area contributed by atoms with Crippen LogP contribution in [0.1, 0.15) is 0 Å². The van der Waals surface area contributed by atoms with Crippen molar-refractivity contribution in [1.82, 2.24) is 0 Å². The molecular weight excluding hydrogens is 258 g/mol. The molecule has 0 radical (unpaired) electrons. The first-order valence-corrected chi connectivity index (χ1v) is 4.90. The highest BCUT2D eigenvalue weighted by molar-refractivity contribution is 6.33. The van der Waals surface area contributed by atoms with Crippen LogP contribution in [-0.2, 0) is 0 Å². The molecule has 0 aliphatic heterocycles. The molecule has 1 aromatic carbocycles. The number of nitrogens with zero attached hydrogens (tertiary/aromatic N) is 1. The molecule has 2 N–H and O–H groups in total. The van der Waals surface area contributed by atoms with Gasteiger partial charge in [0, 0.05) is 12.1 Å². The maximum absolute atomic E-state index is 12.7. The minimum Gasteiger partial charge on any atom is -0.390 e. The minimum atomic E-state index is -3.27. The van der Waals surface area contributed by atoms with E-state index in [4.69, 9.17) is 16.7 Å². The van der Waals surface area contributed by atoms with Gasteiger partial charge in [-0.15, -0.1) is 0 Å². The van der Waals surface area contributed by atoms with Crippen LogP contribution in [0.2, 0.25) is 5.02 Å². The van der Waals surface area contributed by atoms with E-state index in [1.54, 1.807) is 0 Å². The molecule has 0 spiro atoms. The Hall–Kier alpha value is -1.47. The predicted molar refractivity (Wildman–Crippen MR) is 58.6 cm³/mol. The first-order chi connectivity index (χ1) is 7.85. The third-order valence-corrected chi connectivity index (χ3v) is 2.24. The number of nitrogens with one attached hydrogen (secondary N) is 1. The maximum atomic E-state index is 12.7. The molecule has 0 bridgehead atoms. The second kappa shape index (κ2) is 5.24. The van der Waals surface area contributed by atoms with Crippen LogP contribution in [0.4, 0.5) is 20.2 Å². The molecule has 17 heavy (non-hydrogen) atoms. The van der Waals surface area contributed by atoms with Gasteiger partial charge in [-0.25, -0.2) is 8.78 Å². The standard InChI is InChI=1S/C9H9ClF2N2O3/c10-7-3-6(14(16)17)1-2-8(7)13-4-9(11,12)5-15/h1-3,13,15H,4-5H2. The molecule has 0 aliphatic carbocycles. The molecule has 0 aliphatic rings. The third-order valence-electron chi connectivity index (χ3n) is 1.93. The van der Waals surface area contributed by atoms with Gasteiger partial charge >= 0.3 is 0 Å². The summed E-state index contributed by atoms with van der Waals surface area (Å²) in [6.45, 7) is -2.09. The van der Waals surface area contributed by atoms with Gasteiger partial charge in [-0.3, -0.25) is 10.1 Å². The zero-order valence-corrected chi connectivity index (χ0v) is 9.25. The van der Waals surface area contributed by atoms with Gasteiger partial charge in [-0.05, 0) is 6.07 Å². The molecule has 0 atom stereocenters. The Morgan fingerprint density at radius 2 is 2.18 bits per heavy atom. The Morgan fingerprint density at radius 3 is 2.65 bits per heavy atom. The molecule has 1 aromatic rings. The molecule has 0 fully saturated rings. The second-order valence-electron chi connectivity index (χ2n) is 3.29. The van der Waals surface area contributed by atoms with Crippen molar-refractivity contribution < 1.29 is 18.8 Å². The van der Waals surface area contributed by atoms with Gasteiger partial charge in [0.15, 0.2) is 0 Å². The Kier molecular flexibility index (Phi) is 4.19. The topological polar surface area (TPSA) is 75.4 Å². The van der Waals surface area contributed by atoms with E-state index in [1.807, 2.05) is 0 Å². The van der Waals surface area contributed by atoms with Crippen molar-refractivity contribution in [2.24, 2.45) is 0 Å². The highest BCUT2D eigenvalue weighted by atomic mass is 35.5. The van der Waals surface area contributed by atoms with Gasteiger partial charge < -0.3 is 10.4 Å². The summed E-state index contributed by atoms with van der Waals surface area (Å²) in [6.07, 6.45) is 0. The van der Waals surface area contributed by atoms with Crippen LogP contribution in [0, 0.1) is 10.1 Å². The number of alkyl halides is 2. The Balaban J connectivity index is 2.77. The minimum absolute atomic E-state index is 0.0343. The number of non-ortho nitro benzene ring substituents is 1. The predicted octanol–water partition coefficient (Wildman–Crippen LogP) is 2.29. The number of hydrogen-bond acceptors (Lipinski definition) is 4. The van der Waals surface area contributed by atoms with E-state index >= 15 is 0 Å².